The van der Waals surface area contributed by atoms with E-state index in [-0.39, 0.29) is 5.41 Å². The maximum atomic E-state index is 6.04. The van der Waals surface area contributed by atoms with Gasteiger partial charge in [-0.25, -0.2) is 9.97 Å². The lowest BCUT2D eigenvalue weighted by Gasteiger charge is -2.21. The van der Waals surface area contributed by atoms with Gasteiger partial charge in [-0.05, 0) is 56.7 Å². The SMILES string of the molecule is CC(C)(C)c1nc(-c2ccc(Cl)cc2Br)nc(N)c1I. The molecule has 0 radical (unpaired) electrons. The first-order chi connectivity index (χ1) is 9.20. The van der Waals surface area contributed by atoms with Crippen LogP contribution in [-0.4, -0.2) is 9.97 Å². The van der Waals surface area contributed by atoms with Gasteiger partial charge in [-0.2, -0.15) is 0 Å². The minimum Gasteiger partial charge on any atom is -0.383 e. The molecule has 6 heteroatoms. The monoisotopic (exact) mass is 465 g/mol. The molecule has 106 valence electrons. The third-order valence-corrected chi connectivity index (χ3v) is 4.71. The van der Waals surface area contributed by atoms with Gasteiger partial charge in [-0.15, -0.1) is 0 Å². The zero-order chi connectivity index (χ0) is 15.1. The Morgan fingerprint density at radius 3 is 2.45 bits per heavy atom. The molecule has 2 N–H and O–H groups in total. The molecule has 0 bridgehead atoms. The van der Waals surface area contributed by atoms with Crippen LogP contribution in [0.25, 0.3) is 11.4 Å². The average molecular weight is 467 g/mol. The van der Waals surface area contributed by atoms with E-state index in [0.29, 0.717) is 16.7 Å². The molecular weight excluding hydrogens is 452 g/mol. The molecule has 0 unspecified atom stereocenters. The van der Waals surface area contributed by atoms with Crippen molar-refractivity contribution < 1.29 is 0 Å². The number of nitrogens with zero attached hydrogens (tertiary/aromatic N) is 2. The number of aromatic nitrogens is 2. The first-order valence-electron chi connectivity index (χ1n) is 5.99. The van der Waals surface area contributed by atoms with Crippen LogP contribution in [0.5, 0.6) is 0 Å². The van der Waals surface area contributed by atoms with Crippen molar-refractivity contribution in [1.82, 2.24) is 9.97 Å². The van der Waals surface area contributed by atoms with Gasteiger partial charge in [0.2, 0.25) is 0 Å². The predicted molar refractivity (Wildman–Crippen MR) is 96.0 cm³/mol. The van der Waals surface area contributed by atoms with Crippen LogP contribution in [0.1, 0.15) is 26.5 Å². The van der Waals surface area contributed by atoms with E-state index in [1.54, 1.807) is 0 Å². The van der Waals surface area contributed by atoms with Gasteiger partial charge in [0.1, 0.15) is 5.82 Å². The third-order valence-electron chi connectivity index (χ3n) is 2.76. The molecule has 2 aromatic rings. The van der Waals surface area contributed by atoms with E-state index in [1.165, 1.54) is 0 Å². The van der Waals surface area contributed by atoms with Crippen LogP contribution in [0.2, 0.25) is 5.02 Å². The van der Waals surface area contributed by atoms with Gasteiger partial charge in [-0.1, -0.05) is 32.4 Å². The average Bonchev–Trinajstić information content (AvgIpc) is 2.31. The lowest BCUT2D eigenvalue weighted by Crippen LogP contribution is -2.18. The molecule has 1 aromatic heterocycles. The largest absolute Gasteiger partial charge is 0.383 e. The minimum absolute atomic E-state index is 0.0960. The molecular formula is C14H14BrClIN3. The van der Waals surface area contributed by atoms with Gasteiger partial charge in [-0.3, -0.25) is 0 Å². The predicted octanol–water partition coefficient (Wildman–Crippen LogP) is 5.04. The zero-order valence-corrected chi connectivity index (χ0v) is 15.8. The topological polar surface area (TPSA) is 51.8 Å². The van der Waals surface area contributed by atoms with Crippen molar-refractivity contribution in [2.75, 3.05) is 5.73 Å². The molecule has 0 fully saturated rings. The van der Waals surface area contributed by atoms with Crippen molar-refractivity contribution in [3.63, 3.8) is 0 Å². The summed E-state index contributed by atoms with van der Waals surface area (Å²) in [6, 6.07) is 5.53. The van der Waals surface area contributed by atoms with Gasteiger partial charge in [0.05, 0.1) is 9.26 Å². The maximum absolute atomic E-state index is 6.04. The minimum atomic E-state index is -0.0960. The maximum Gasteiger partial charge on any atom is 0.162 e. The normalized spacial score (nSPS) is 11.7. The molecule has 1 aromatic carbocycles. The van der Waals surface area contributed by atoms with Crippen LogP contribution in [0, 0.1) is 3.57 Å². The van der Waals surface area contributed by atoms with Gasteiger partial charge in [0.25, 0.3) is 0 Å². The number of hydrogen-bond acceptors (Lipinski definition) is 3. The Balaban J connectivity index is 2.67. The van der Waals surface area contributed by atoms with E-state index in [4.69, 9.17) is 22.3 Å². The van der Waals surface area contributed by atoms with Gasteiger partial charge < -0.3 is 5.73 Å². The van der Waals surface area contributed by atoms with E-state index in [1.807, 2.05) is 18.2 Å². The number of benzene rings is 1. The molecule has 0 saturated heterocycles. The number of nitrogens with two attached hydrogens (primary N) is 1. The Kier molecular flexibility index (Phi) is 4.61. The van der Waals surface area contributed by atoms with Crippen LogP contribution in [0.15, 0.2) is 22.7 Å². The van der Waals surface area contributed by atoms with E-state index in [2.05, 4.69) is 64.3 Å². The molecule has 0 spiro atoms. The first-order valence-corrected chi connectivity index (χ1v) is 8.24. The van der Waals surface area contributed by atoms with Crippen molar-refractivity contribution in [1.29, 1.82) is 0 Å². The Labute approximate surface area is 145 Å². The summed E-state index contributed by atoms with van der Waals surface area (Å²) in [6.07, 6.45) is 0. The number of halogens is 3. The number of nitrogen functional groups attached to an aromatic ring is 1. The molecule has 0 aliphatic carbocycles. The fraction of sp³-hybridized carbons (Fsp3) is 0.286. The summed E-state index contributed by atoms with van der Waals surface area (Å²) < 4.78 is 1.76. The highest BCUT2D eigenvalue weighted by Gasteiger charge is 2.23. The molecule has 0 amide bonds. The second kappa shape index (κ2) is 5.77. The molecule has 0 aliphatic heterocycles. The van der Waals surface area contributed by atoms with E-state index in [0.717, 1.165) is 19.3 Å². The summed E-state index contributed by atoms with van der Waals surface area (Å²) in [5, 5.41) is 0.662. The molecule has 0 saturated carbocycles. The molecule has 20 heavy (non-hydrogen) atoms. The summed E-state index contributed by atoms with van der Waals surface area (Å²) >= 11 is 11.7. The molecule has 0 aliphatic rings. The van der Waals surface area contributed by atoms with Crippen molar-refractivity contribution in [2.24, 2.45) is 0 Å². The summed E-state index contributed by atoms with van der Waals surface area (Å²) in [4.78, 5) is 9.09. The second-order valence-corrected chi connectivity index (χ2v) is 7.84. The molecule has 2 rings (SSSR count). The summed E-state index contributed by atoms with van der Waals surface area (Å²) in [6.45, 7) is 6.33. The highest BCUT2D eigenvalue weighted by Crippen LogP contribution is 2.33. The van der Waals surface area contributed by atoms with E-state index >= 15 is 0 Å². The van der Waals surface area contributed by atoms with Crippen LogP contribution in [-0.2, 0) is 5.41 Å². The summed E-state index contributed by atoms with van der Waals surface area (Å²) in [5.74, 6) is 1.11. The molecule has 0 atom stereocenters. The molecule has 1 heterocycles. The fourth-order valence-electron chi connectivity index (χ4n) is 1.75. The number of hydrogen-bond donors (Lipinski definition) is 1. The van der Waals surface area contributed by atoms with E-state index in [9.17, 15) is 0 Å². The summed E-state index contributed by atoms with van der Waals surface area (Å²) in [7, 11) is 0. The third kappa shape index (κ3) is 3.26. The van der Waals surface area contributed by atoms with Crippen molar-refractivity contribution in [3.8, 4) is 11.4 Å². The zero-order valence-electron chi connectivity index (χ0n) is 11.3. The standard InChI is InChI=1S/C14H14BrClIN3/c1-14(2,3)11-10(17)12(18)20-13(19-11)8-5-4-7(16)6-9(8)15/h4-6H,1-3H3,(H2,18,19,20). The van der Waals surface area contributed by atoms with Gasteiger partial charge in [0, 0.05) is 20.5 Å². The first kappa shape index (κ1) is 16.0. The van der Waals surface area contributed by atoms with Crippen LogP contribution < -0.4 is 5.73 Å². The van der Waals surface area contributed by atoms with Gasteiger partial charge >= 0.3 is 0 Å². The number of rotatable bonds is 1. The Morgan fingerprint density at radius 2 is 1.90 bits per heavy atom. The lowest BCUT2D eigenvalue weighted by molar-refractivity contribution is 0.564. The Bertz CT molecular complexity index is 668. The molecule has 3 nitrogen and oxygen atoms in total. The smallest absolute Gasteiger partial charge is 0.162 e. The number of anilines is 1. The quantitative estimate of drug-likeness (QED) is 0.599. The summed E-state index contributed by atoms with van der Waals surface area (Å²) in [5.41, 5.74) is 7.76. The van der Waals surface area contributed by atoms with Crippen LogP contribution in [0.3, 0.4) is 0 Å². The fourth-order valence-corrected chi connectivity index (χ4v) is 3.66. The second-order valence-electron chi connectivity index (χ2n) is 5.47. The van der Waals surface area contributed by atoms with Crippen LogP contribution >= 0.6 is 50.1 Å². The highest BCUT2D eigenvalue weighted by atomic mass is 127. The van der Waals surface area contributed by atoms with Gasteiger partial charge in [0.15, 0.2) is 5.82 Å². The Hall–Kier alpha value is -0.400. The van der Waals surface area contributed by atoms with Crippen molar-refractivity contribution in [3.05, 3.63) is 37.0 Å². The van der Waals surface area contributed by atoms with Crippen molar-refractivity contribution in [2.45, 2.75) is 26.2 Å². The van der Waals surface area contributed by atoms with E-state index < -0.39 is 0 Å². The highest BCUT2D eigenvalue weighted by molar-refractivity contribution is 14.1. The lowest BCUT2D eigenvalue weighted by atomic mass is 9.92. The van der Waals surface area contributed by atoms with Crippen molar-refractivity contribution >= 4 is 55.9 Å². The Morgan fingerprint density at radius 1 is 1.25 bits per heavy atom. The van der Waals surface area contributed by atoms with Crippen LogP contribution in [0.4, 0.5) is 5.82 Å².